The van der Waals surface area contributed by atoms with E-state index >= 15 is 0 Å². The van der Waals surface area contributed by atoms with Crippen molar-refractivity contribution in [3.05, 3.63) is 196 Å². The van der Waals surface area contributed by atoms with E-state index in [1.54, 1.807) is 0 Å². The Morgan fingerprint density at radius 1 is 0.361 bits per heavy atom. The number of nitrogens with zero attached hydrogens (tertiary/aromatic N) is 1. The Kier molecular flexibility index (Phi) is 13.7. The molecule has 0 N–H and O–H groups in total. The lowest BCUT2D eigenvalue weighted by Crippen LogP contribution is -2.17. The minimum absolute atomic E-state index is 0.372. The highest BCUT2D eigenvalue weighted by Crippen LogP contribution is 2.37. The number of rotatable bonds is 12. The standard InChI is InChI=1S/C60H65N/c1-4-10-52(11-5-1)55-34-22-46(23-35-55)16-19-49-28-40-58(41-29-49)61(59-42-30-50(31-43-59)20-17-47-24-36-56(37-25-47)53-12-6-2-7-13-53)60-44-32-51(33-45-60)21-18-48-26-38-57(39-27-48)54-14-8-3-9-15-54/h16-32,34-45,51-54H,1-15,33H2/b19-16+,20-17+,21-18+. The van der Waals surface area contributed by atoms with Crippen LogP contribution in [-0.2, 0) is 0 Å². The SMILES string of the molecule is C1=CC(/C=C/c2ccc(C3CCCCC3)cc2)CC=C1N(c1ccc(/C=C/c2ccc(C3CCCCC3)cc2)cc1)c1ccc(/C=C/c2ccc(C3CCCCC3)cc2)cc1. The van der Waals surface area contributed by atoms with Gasteiger partial charge in [-0.15, -0.1) is 0 Å². The zero-order valence-corrected chi connectivity index (χ0v) is 36.3. The summed E-state index contributed by atoms with van der Waals surface area (Å²) in [6.45, 7) is 0. The molecule has 1 unspecified atom stereocenters. The van der Waals surface area contributed by atoms with Crippen LogP contribution in [-0.4, -0.2) is 0 Å². The molecular weight excluding hydrogens is 735 g/mol. The lowest BCUT2D eigenvalue weighted by Gasteiger charge is -2.29. The molecule has 3 fully saturated rings. The number of hydrogen-bond acceptors (Lipinski definition) is 1. The number of allylic oxidation sites excluding steroid dienone is 4. The van der Waals surface area contributed by atoms with Crippen LogP contribution in [0.4, 0.5) is 11.4 Å². The summed E-state index contributed by atoms with van der Waals surface area (Å²) in [7, 11) is 0. The zero-order chi connectivity index (χ0) is 41.1. The Hall–Kier alpha value is -5.40. The molecule has 1 nitrogen and oxygen atoms in total. The number of anilines is 2. The first kappa shape index (κ1) is 41.0. The minimum Gasteiger partial charge on any atom is -0.311 e. The summed E-state index contributed by atoms with van der Waals surface area (Å²) < 4.78 is 0. The summed E-state index contributed by atoms with van der Waals surface area (Å²) in [6, 6.07) is 46.1. The second kappa shape index (κ2) is 20.4. The molecule has 3 saturated carbocycles. The van der Waals surface area contributed by atoms with Gasteiger partial charge >= 0.3 is 0 Å². The van der Waals surface area contributed by atoms with Crippen LogP contribution in [0.5, 0.6) is 0 Å². The molecule has 61 heavy (non-hydrogen) atoms. The van der Waals surface area contributed by atoms with Gasteiger partial charge in [0.05, 0.1) is 0 Å². The van der Waals surface area contributed by atoms with Gasteiger partial charge in [-0.25, -0.2) is 0 Å². The number of benzene rings is 5. The Bertz CT molecular complexity index is 2160. The fourth-order valence-electron chi connectivity index (χ4n) is 10.4. The van der Waals surface area contributed by atoms with E-state index in [-0.39, 0.29) is 0 Å². The van der Waals surface area contributed by atoms with Crippen LogP contribution >= 0.6 is 0 Å². The van der Waals surface area contributed by atoms with E-state index in [4.69, 9.17) is 0 Å². The summed E-state index contributed by atoms with van der Waals surface area (Å²) >= 11 is 0. The molecule has 4 aliphatic carbocycles. The summed E-state index contributed by atoms with van der Waals surface area (Å²) in [5.74, 6) is 2.61. The van der Waals surface area contributed by atoms with Crippen molar-refractivity contribution in [3.8, 4) is 0 Å². The van der Waals surface area contributed by atoms with Gasteiger partial charge in [-0.3, -0.25) is 0 Å². The van der Waals surface area contributed by atoms with Crippen LogP contribution < -0.4 is 4.90 Å². The molecule has 1 heteroatoms. The molecule has 0 bridgehead atoms. The van der Waals surface area contributed by atoms with E-state index < -0.39 is 0 Å². The van der Waals surface area contributed by atoms with Crippen LogP contribution in [0.1, 0.15) is 165 Å². The zero-order valence-electron chi connectivity index (χ0n) is 36.3. The molecule has 5 aromatic rings. The van der Waals surface area contributed by atoms with Crippen molar-refractivity contribution in [3.63, 3.8) is 0 Å². The van der Waals surface area contributed by atoms with Crippen molar-refractivity contribution in [2.75, 3.05) is 4.90 Å². The average Bonchev–Trinajstić information content (AvgIpc) is 3.34. The van der Waals surface area contributed by atoms with Crippen molar-refractivity contribution in [2.24, 2.45) is 5.92 Å². The van der Waals surface area contributed by atoms with Gasteiger partial charge in [0.2, 0.25) is 0 Å². The van der Waals surface area contributed by atoms with Gasteiger partial charge < -0.3 is 4.90 Å². The molecule has 0 aromatic heterocycles. The lowest BCUT2D eigenvalue weighted by atomic mass is 9.84. The summed E-state index contributed by atoms with van der Waals surface area (Å²) in [5, 5.41) is 0. The highest BCUT2D eigenvalue weighted by atomic mass is 15.1. The van der Waals surface area contributed by atoms with Gasteiger partial charge in [0, 0.05) is 17.1 Å². The highest BCUT2D eigenvalue weighted by molar-refractivity contribution is 5.76. The number of hydrogen-bond donors (Lipinski definition) is 0. The predicted molar refractivity (Wildman–Crippen MR) is 264 cm³/mol. The first-order valence-electron chi connectivity index (χ1n) is 23.9. The molecule has 5 aromatic carbocycles. The molecule has 0 heterocycles. The fraction of sp³-hybridized carbons (Fsp3) is 0.333. The Balaban J connectivity index is 0.895. The third kappa shape index (κ3) is 10.9. The van der Waals surface area contributed by atoms with Crippen LogP contribution in [0.3, 0.4) is 0 Å². The summed E-state index contributed by atoms with van der Waals surface area (Å²) in [5.41, 5.74) is 14.3. The van der Waals surface area contributed by atoms with E-state index in [0.29, 0.717) is 5.92 Å². The second-order valence-corrected chi connectivity index (χ2v) is 18.4. The van der Waals surface area contributed by atoms with Crippen molar-refractivity contribution in [2.45, 2.75) is 120 Å². The topological polar surface area (TPSA) is 3.24 Å². The molecule has 1 atom stereocenters. The molecular formula is C60H65N. The minimum atomic E-state index is 0.372. The molecule has 0 spiro atoms. The average molecular weight is 800 g/mol. The molecule has 0 amide bonds. The molecule has 0 saturated heterocycles. The van der Waals surface area contributed by atoms with Crippen LogP contribution in [0.2, 0.25) is 0 Å². The molecule has 0 aliphatic heterocycles. The van der Waals surface area contributed by atoms with E-state index in [1.807, 2.05) is 0 Å². The van der Waals surface area contributed by atoms with Crippen molar-refractivity contribution >= 4 is 41.8 Å². The second-order valence-electron chi connectivity index (χ2n) is 18.4. The first-order chi connectivity index (χ1) is 30.2. The van der Waals surface area contributed by atoms with Crippen LogP contribution in [0, 0.1) is 5.92 Å². The predicted octanol–water partition coefficient (Wildman–Crippen LogP) is 17.5. The molecule has 310 valence electrons. The quantitative estimate of drug-likeness (QED) is 0.114. The fourth-order valence-corrected chi connectivity index (χ4v) is 10.4. The van der Waals surface area contributed by atoms with Gasteiger partial charge in [0.25, 0.3) is 0 Å². The van der Waals surface area contributed by atoms with Crippen LogP contribution in [0.25, 0.3) is 30.4 Å². The summed E-state index contributed by atoms with van der Waals surface area (Å²) in [4.78, 5) is 2.41. The maximum Gasteiger partial charge on any atom is 0.0461 e. The largest absolute Gasteiger partial charge is 0.311 e. The highest BCUT2D eigenvalue weighted by Gasteiger charge is 2.19. The van der Waals surface area contributed by atoms with Gasteiger partial charge in [0.15, 0.2) is 0 Å². The van der Waals surface area contributed by atoms with E-state index in [0.717, 1.165) is 24.2 Å². The third-order valence-corrected chi connectivity index (χ3v) is 14.2. The van der Waals surface area contributed by atoms with E-state index in [1.165, 1.54) is 158 Å². The molecule has 4 aliphatic rings. The van der Waals surface area contributed by atoms with Crippen LogP contribution in [0.15, 0.2) is 151 Å². The third-order valence-electron chi connectivity index (χ3n) is 14.2. The summed E-state index contributed by atoms with van der Waals surface area (Å²) in [6.07, 6.45) is 42.3. The normalized spacial score (nSPS) is 19.5. The Morgan fingerprint density at radius 2 is 0.689 bits per heavy atom. The molecule has 9 rings (SSSR count). The van der Waals surface area contributed by atoms with Gasteiger partial charge in [-0.05, 0) is 143 Å². The monoisotopic (exact) mass is 800 g/mol. The first-order valence-corrected chi connectivity index (χ1v) is 23.9. The smallest absolute Gasteiger partial charge is 0.0461 e. The van der Waals surface area contributed by atoms with E-state index in [2.05, 4.69) is 181 Å². The van der Waals surface area contributed by atoms with Crippen molar-refractivity contribution < 1.29 is 0 Å². The maximum absolute atomic E-state index is 2.41. The van der Waals surface area contributed by atoms with Crippen molar-refractivity contribution in [1.82, 2.24) is 0 Å². The van der Waals surface area contributed by atoms with Gasteiger partial charge in [-0.2, -0.15) is 0 Å². The van der Waals surface area contributed by atoms with Gasteiger partial charge in [0.1, 0.15) is 0 Å². The van der Waals surface area contributed by atoms with E-state index in [9.17, 15) is 0 Å². The van der Waals surface area contributed by atoms with Crippen molar-refractivity contribution in [1.29, 1.82) is 0 Å². The Labute approximate surface area is 367 Å². The Morgan fingerprint density at radius 3 is 1.02 bits per heavy atom. The maximum atomic E-state index is 2.41. The lowest BCUT2D eigenvalue weighted by molar-refractivity contribution is 0.443. The van der Waals surface area contributed by atoms with Gasteiger partial charge in [-0.1, -0.05) is 203 Å². The molecule has 0 radical (unpaired) electrons.